The second-order valence-corrected chi connectivity index (χ2v) is 13.7. The molecule has 2 aromatic heterocycles. The zero-order chi connectivity index (χ0) is 35.6. The Morgan fingerprint density at radius 2 is 1.69 bits per heavy atom. The Morgan fingerprint density at radius 3 is 2.33 bits per heavy atom. The molecule has 5 rings (SSSR count). The van der Waals surface area contributed by atoms with E-state index in [1.54, 1.807) is 26.8 Å². The van der Waals surface area contributed by atoms with Gasteiger partial charge in [0.15, 0.2) is 11.6 Å². The summed E-state index contributed by atoms with van der Waals surface area (Å²) >= 11 is 0. The standard InChI is InChI=1S/C33H33F2N7O6S/c1-19(2)41-18-25(32(44)42(33(41)45)23-9-6-21(34)7-10-23)31(43)38-22-8-11-27(26(35)15-22)48-24-12-13-36-30(16-24)39-29-14-20(3)28(17-37-29)49(46,47)40(4)5/h6-17,19,25H,18H2,1-5H3,(H,38,43)(H,36,37,39). The number of ether oxygens (including phenoxy) is 1. The largest absolute Gasteiger partial charge is 0.454 e. The molecule has 4 amide bonds. The van der Waals surface area contributed by atoms with Gasteiger partial charge >= 0.3 is 6.03 Å². The summed E-state index contributed by atoms with van der Waals surface area (Å²) in [5.41, 5.74) is 0.625. The molecule has 0 spiro atoms. The molecule has 1 fully saturated rings. The van der Waals surface area contributed by atoms with E-state index in [4.69, 9.17) is 4.74 Å². The Bertz CT molecular complexity index is 2030. The number of halogens is 2. The molecule has 16 heteroatoms. The van der Waals surface area contributed by atoms with Crippen LogP contribution in [-0.4, -0.2) is 72.1 Å². The fraction of sp³-hybridized carbons (Fsp3) is 0.242. The third kappa shape index (κ3) is 7.49. The molecule has 1 saturated heterocycles. The first-order valence-corrected chi connectivity index (χ1v) is 16.4. The monoisotopic (exact) mass is 693 g/mol. The summed E-state index contributed by atoms with van der Waals surface area (Å²) < 4.78 is 60.5. The Morgan fingerprint density at radius 1 is 1.00 bits per heavy atom. The molecule has 2 N–H and O–H groups in total. The molecule has 4 aromatic rings. The van der Waals surface area contributed by atoms with Gasteiger partial charge < -0.3 is 20.3 Å². The molecule has 49 heavy (non-hydrogen) atoms. The minimum atomic E-state index is -3.67. The van der Waals surface area contributed by atoms with Gasteiger partial charge in [-0.1, -0.05) is 0 Å². The first-order chi connectivity index (χ1) is 23.1. The van der Waals surface area contributed by atoms with Crippen molar-refractivity contribution in [2.75, 3.05) is 36.2 Å². The minimum absolute atomic E-state index is 0.0437. The van der Waals surface area contributed by atoms with Gasteiger partial charge in [0.2, 0.25) is 21.8 Å². The van der Waals surface area contributed by atoms with Crippen LogP contribution >= 0.6 is 0 Å². The smallest absolute Gasteiger partial charge is 0.331 e. The number of rotatable bonds is 10. The lowest BCUT2D eigenvalue weighted by molar-refractivity contribution is -0.132. The Hall–Kier alpha value is -5.48. The van der Waals surface area contributed by atoms with Crippen LogP contribution in [0.5, 0.6) is 11.5 Å². The Kier molecular flexibility index (Phi) is 9.91. The summed E-state index contributed by atoms with van der Waals surface area (Å²) in [6, 6.07) is 12.0. The van der Waals surface area contributed by atoms with E-state index in [0.29, 0.717) is 11.4 Å². The number of benzene rings is 2. The minimum Gasteiger partial charge on any atom is -0.454 e. The van der Waals surface area contributed by atoms with Crippen LogP contribution in [0.25, 0.3) is 0 Å². The van der Waals surface area contributed by atoms with E-state index in [0.717, 1.165) is 27.4 Å². The van der Waals surface area contributed by atoms with E-state index in [-0.39, 0.29) is 46.2 Å². The van der Waals surface area contributed by atoms with Crippen LogP contribution in [-0.2, 0) is 19.6 Å². The lowest BCUT2D eigenvalue weighted by atomic mass is 10.0. The fourth-order valence-corrected chi connectivity index (χ4v) is 6.00. The van der Waals surface area contributed by atoms with Crippen molar-refractivity contribution in [3.63, 3.8) is 0 Å². The highest BCUT2D eigenvalue weighted by molar-refractivity contribution is 7.89. The van der Waals surface area contributed by atoms with Gasteiger partial charge in [-0.3, -0.25) is 9.59 Å². The highest BCUT2D eigenvalue weighted by Gasteiger charge is 2.44. The maximum Gasteiger partial charge on any atom is 0.331 e. The third-order valence-corrected chi connectivity index (χ3v) is 9.54. The number of sulfonamides is 1. The van der Waals surface area contributed by atoms with Crippen LogP contribution in [0.4, 0.5) is 36.6 Å². The van der Waals surface area contributed by atoms with E-state index in [1.807, 2.05) is 0 Å². The molecule has 13 nitrogen and oxygen atoms in total. The average molecular weight is 694 g/mol. The molecule has 0 saturated carbocycles. The predicted molar refractivity (Wildman–Crippen MR) is 177 cm³/mol. The number of hydrogen-bond acceptors (Lipinski definition) is 9. The van der Waals surface area contributed by atoms with Crippen molar-refractivity contribution in [2.24, 2.45) is 5.92 Å². The van der Waals surface area contributed by atoms with Crippen LogP contribution in [0.2, 0.25) is 0 Å². The highest BCUT2D eigenvalue weighted by atomic mass is 32.2. The van der Waals surface area contributed by atoms with Gasteiger partial charge in [0.25, 0.3) is 0 Å². The van der Waals surface area contributed by atoms with E-state index in [9.17, 15) is 27.2 Å². The number of aryl methyl sites for hydroxylation is 1. The van der Waals surface area contributed by atoms with Gasteiger partial charge in [-0.2, -0.15) is 0 Å². The van der Waals surface area contributed by atoms with Crippen LogP contribution in [0.15, 0.2) is 78.0 Å². The van der Waals surface area contributed by atoms with Crippen molar-refractivity contribution in [2.45, 2.75) is 31.7 Å². The van der Waals surface area contributed by atoms with Gasteiger partial charge in [0, 0.05) is 56.9 Å². The predicted octanol–water partition coefficient (Wildman–Crippen LogP) is 5.28. The summed E-state index contributed by atoms with van der Waals surface area (Å²) in [4.78, 5) is 50.4. The number of nitrogens with one attached hydrogen (secondary N) is 2. The second-order valence-electron chi connectivity index (χ2n) is 11.6. The number of aromatic nitrogens is 2. The maximum absolute atomic E-state index is 15.2. The number of nitrogens with zero attached hydrogens (tertiary/aromatic N) is 5. The molecular formula is C33H33F2N7O6S. The van der Waals surface area contributed by atoms with Crippen LogP contribution in [0, 0.1) is 24.5 Å². The molecule has 0 radical (unpaired) electrons. The van der Waals surface area contributed by atoms with Crippen LogP contribution < -0.4 is 20.3 Å². The molecule has 2 aromatic carbocycles. The van der Waals surface area contributed by atoms with Crippen molar-refractivity contribution in [1.82, 2.24) is 19.2 Å². The molecule has 1 aliphatic heterocycles. The van der Waals surface area contributed by atoms with Gasteiger partial charge in [0.05, 0.1) is 5.69 Å². The molecule has 0 aliphatic carbocycles. The van der Waals surface area contributed by atoms with E-state index >= 15 is 4.39 Å². The van der Waals surface area contributed by atoms with Crippen LogP contribution in [0.3, 0.4) is 0 Å². The van der Waals surface area contributed by atoms with Crippen LogP contribution in [0.1, 0.15) is 19.4 Å². The Balaban J connectivity index is 1.28. The molecule has 256 valence electrons. The van der Waals surface area contributed by atoms with E-state index < -0.39 is 45.4 Å². The lowest BCUT2D eigenvalue weighted by Crippen LogP contribution is -2.61. The van der Waals surface area contributed by atoms with Crippen molar-refractivity contribution in [1.29, 1.82) is 0 Å². The molecule has 3 heterocycles. The molecule has 1 atom stereocenters. The number of pyridine rings is 2. The molecular weight excluding hydrogens is 660 g/mol. The van der Waals surface area contributed by atoms with Gasteiger partial charge in [0.1, 0.15) is 34.0 Å². The zero-order valence-electron chi connectivity index (χ0n) is 27.1. The number of imide groups is 1. The van der Waals surface area contributed by atoms with Gasteiger partial charge in [-0.15, -0.1) is 0 Å². The first-order valence-electron chi connectivity index (χ1n) is 15.0. The number of carbonyl (C=O) groups is 3. The van der Waals surface area contributed by atoms with Gasteiger partial charge in [-0.25, -0.2) is 41.2 Å². The quantitative estimate of drug-likeness (QED) is 0.211. The highest BCUT2D eigenvalue weighted by Crippen LogP contribution is 2.30. The summed E-state index contributed by atoms with van der Waals surface area (Å²) in [7, 11) is -0.818. The van der Waals surface area contributed by atoms with Crippen molar-refractivity contribution >= 4 is 50.9 Å². The van der Waals surface area contributed by atoms with E-state index in [2.05, 4.69) is 20.6 Å². The summed E-state index contributed by atoms with van der Waals surface area (Å²) in [6.07, 6.45) is 2.66. The third-order valence-electron chi connectivity index (χ3n) is 7.60. The number of urea groups is 1. The number of amides is 4. The zero-order valence-corrected chi connectivity index (χ0v) is 28.0. The van der Waals surface area contributed by atoms with Gasteiger partial charge in [-0.05, 0) is 74.9 Å². The maximum atomic E-state index is 15.2. The summed E-state index contributed by atoms with van der Waals surface area (Å²) in [5.74, 6) is -3.60. The molecule has 0 bridgehead atoms. The SMILES string of the molecule is Cc1cc(Nc2cc(Oc3ccc(NC(=O)C4CN(C(C)C)C(=O)N(c5ccc(F)cc5)C4=O)cc3F)ccn2)ncc1S(=O)(=O)N(C)C. The van der Waals surface area contributed by atoms with E-state index in [1.165, 1.54) is 67.8 Å². The number of anilines is 4. The second kappa shape index (κ2) is 13.9. The first kappa shape index (κ1) is 34.8. The van der Waals surface area contributed by atoms with Crippen molar-refractivity contribution < 1.29 is 36.3 Å². The summed E-state index contributed by atoms with van der Waals surface area (Å²) in [6.45, 7) is 4.91. The Labute approximate surface area is 281 Å². The number of hydrogen-bond donors (Lipinski definition) is 2. The molecule has 1 aliphatic rings. The fourth-order valence-electron chi connectivity index (χ4n) is 4.96. The lowest BCUT2D eigenvalue weighted by Gasteiger charge is -2.39. The van der Waals surface area contributed by atoms with Crippen molar-refractivity contribution in [3.8, 4) is 11.5 Å². The normalized spacial score (nSPS) is 15.2. The van der Waals surface area contributed by atoms with Crippen molar-refractivity contribution in [3.05, 3.63) is 90.3 Å². The molecule has 1 unspecified atom stereocenters. The summed E-state index contributed by atoms with van der Waals surface area (Å²) in [5, 5.41) is 5.51. The topological polar surface area (TPSA) is 154 Å². The number of carbonyl (C=O) groups excluding carboxylic acids is 3. The average Bonchev–Trinajstić information content (AvgIpc) is 3.03.